The summed E-state index contributed by atoms with van der Waals surface area (Å²) in [5, 5.41) is 2.00. The highest BCUT2D eigenvalue weighted by Crippen LogP contribution is 2.34. The zero-order valence-electron chi connectivity index (χ0n) is 17.7. The smallest absolute Gasteiger partial charge is 0.294 e. The van der Waals surface area contributed by atoms with E-state index in [1.807, 2.05) is 13.8 Å². The van der Waals surface area contributed by atoms with Gasteiger partial charge in [0.15, 0.2) is 11.5 Å². The van der Waals surface area contributed by atoms with Crippen LogP contribution in [0.3, 0.4) is 0 Å². The molecule has 1 aliphatic heterocycles. The molecule has 1 heterocycles. The molecule has 0 bridgehead atoms. The zero-order valence-corrected chi connectivity index (χ0v) is 18.5. The lowest BCUT2D eigenvalue weighted by molar-refractivity contribution is -0.127. The van der Waals surface area contributed by atoms with Gasteiger partial charge in [-0.2, -0.15) is 0 Å². The van der Waals surface area contributed by atoms with Crippen LogP contribution in [0.15, 0.2) is 47.4 Å². The van der Waals surface area contributed by atoms with Crippen molar-refractivity contribution in [3.63, 3.8) is 0 Å². The quantitative estimate of drug-likeness (QED) is 0.549. The number of amides is 3. The third-order valence-electron chi connectivity index (χ3n) is 4.33. The van der Waals surface area contributed by atoms with Crippen LogP contribution in [0.25, 0.3) is 6.08 Å². The summed E-state index contributed by atoms with van der Waals surface area (Å²) in [6, 6.07) is 10.5. The van der Waals surface area contributed by atoms with E-state index in [0.29, 0.717) is 36.0 Å². The minimum Gasteiger partial charge on any atom is -0.490 e. The van der Waals surface area contributed by atoms with Crippen LogP contribution in [0.5, 0.6) is 11.5 Å². The van der Waals surface area contributed by atoms with Gasteiger partial charge in [-0.3, -0.25) is 19.3 Å². The number of hydrogen-bond acceptors (Lipinski definition) is 6. The number of carbonyl (C=O) groups excluding carboxylic acids is 3. The fraction of sp³-hybridized carbons (Fsp3) is 0.261. The molecule has 7 nitrogen and oxygen atoms in total. The minimum absolute atomic E-state index is 0.203. The third kappa shape index (κ3) is 5.88. The van der Waals surface area contributed by atoms with Crippen molar-refractivity contribution in [3.8, 4) is 11.5 Å². The molecule has 2 aromatic rings. The topological polar surface area (TPSA) is 84.9 Å². The number of benzene rings is 2. The SMILES string of the molecule is CCCOc1ccc(/C=C2\SC(=O)N(CC(=O)Nc3ccc(F)cc3)C2=O)cc1OCC. The van der Waals surface area contributed by atoms with Crippen molar-refractivity contribution < 1.29 is 28.2 Å². The van der Waals surface area contributed by atoms with E-state index in [2.05, 4.69) is 5.32 Å². The van der Waals surface area contributed by atoms with E-state index in [1.165, 1.54) is 24.3 Å². The highest BCUT2D eigenvalue weighted by atomic mass is 32.2. The number of nitrogens with one attached hydrogen (secondary N) is 1. The van der Waals surface area contributed by atoms with Crippen molar-refractivity contribution in [1.29, 1.82) is 0 Å². The number of thioether (sulfide) groups is 1. The molecule has 1 fully saturated rings. The largest absolute Gasteiger partial charge is 0.490 e. The molecule has 0 aromatic heterocycles. The average Bonchev–Trinajstić information content (AvgIpc) is 3.02. The molecule has 0 atom stereocenters. The van der Waals surface area contributed by atoms with Crippen LogP contribution < -0.4 is 14.8 Å². The number of hydrogen-bond donors (Lipinski definition) is 1. The standard InChI is InChI=1S/C23H23FN2O5S/c1-3-11-31-18-10-5-15(12-19(18)30-4-2)13-20-22(28)26(23(29)32-20)14-21(27)25-17-8-6-16(24)7-9-17/h5-10,12-13H,3-4,11,14H2,1-2H3,(H,25,27)/b20-13-. The Morgan fingerprint density at radius 2 is 1.84 bits per heavy atom. The fourth-order valence-corrected chi connectivity index (χ4v) is 3.72. The Kier molecular flexibility index (Phi) is 7.88. The molecule has 1 N–H and O–H groups in total. The maximum Gasteiger partial charge on any atom is 0.294 e. The van der Waals surface area contributed by atoms with Gasteiger partial charge in [-0.25, -0.2) is 4.39 Å². The van der Waals surface area contributed by atoms with Crippen LogP contribution >= 0.6 is 11.8 Å². The van der Waals surface area contributed by atoms with Crippen LogP contribution in [0.2, 0.25) is 0 Å². The number of imide groups is 1. The molecule has 0 radical (unpaired) electrons. The van der Waals surface area contributed by atoms with Crippen LogP contribution in [0, 0.1) is 5.82 Å². The van der Waals surface area contributed by atoms with Gasteiger partial charge in [0.1, 0.15) is 12.4 Å². The van der Waals surface area contributed by atoms with Gasteiger partial charge in [-0.1, -0.05) is 13.0 Å². The highest BCUT2D eigenvalue weighted by Gasteiger charge is 2.36. The number of ether oxygens (including phenoxy) is 2. The van der Waals surface area contributed by atoms with E-state index in [-0.39, 0.29) is 4.91 Å². The molecule has 3 rings (SSSR count). The number of nitrogens with zero attached hydrogens (tertiary/aromatic N) is 1. The van der Waals surface area contributed by atoms with Gasteiger partial charge < -0.3 is 14.8 Å². The lowest BCUT2D eigenvalue weighted by Crippen LogP contribution is -2.36. The summed E-state index contributed by atoms with van der Waals surface area (Å²) >= 11 is 0.761. The first-order valence-electron chi connectivity index (χ1n) is 10.1. The van der Waals surface area contributed by atoms with Crippen molar-refractivity contribution in [1.82, 2.24) is 4.90 Å². The summed E-state index contributed by atoms with van der Waals surface area (Å²) in [7, 11) is 0. The van der Waals surface area contributed by atoms with Crippen LogP contribution in [-0.2, 0) is 9.59 Å². The first-order chi connectivity index (χ1) is 15.4. The van der Waals surface area contributed by atoms with E-state index in [1.54, 1.807) is 24.3 Å². The molecule has 2 aromatic carbocycles. The van der Waals surface area contributed by atoms with Gasteiger partial charge in [-0.05, 0) is 73.1 Å². The van der Waals surface area contributed by atoms with E-state index < -0.39 is 29.4 Å². The first kappa shape index (κ1) is 23.3. The average molecular weight is 459 g/mol. The predicted molar refractivity (Wildman–Crippen MR) is 121 cm³/mol. The Morgan fingerprint density at radius 3 is 2.53 bits per heavy atom. The molecule has 1 saturated heterocycles. The Labute approximate surface area is 189 Å². The molecular formula is C23H23FN2O5S. The summed E-state index contributed by atoms with van der Waals surface area (Å²) in [4.78, 5) is 38.3. The number of rotatable bonds is 9. The van der Waals surface area contributed by atoms with E-state index in [4.69, 9.17) is 9.47 Å². The first-order valence-corrected chi connectivity index (χ1v) is 10.9. The second-order valence-corrected chi connectivity index (χ2v) is 7.80. The number of anilines is 1. The monoisotopic (exact) mass is 458 g/mol. The summed E-state index contributed by atoms with van der Waals surface area (Å²) < 4.78 is 24.3. The normalized spacial score (nSPS) is 14.7. The second-order valence-electron chi connectivity index (χ2n) is 6.81. The maximum absolute atomic E-state index is 13.0. The molecule has 1 aliphatic rings. The predicted octanol–water partition coefficient (Wildman–Crippen LogP) is 4.69. The van der Waals surface area contributed by atoms with Crippen LogP contribution in [0.1, 0.15) is 25.8 Å². The molecule has 0 aliphatic carbocycles. The molecule has 0 saturated carbocycles. The van der Waals surface area contributed by atoms with Gasteiger partial charge in [0.2, 0.25) is 5.91 Å². The van der Waals surface area contributed by atoms with Crippen molar-refractivity contribution in [3.05, 3.63) is 58.8 Å². The second kappa shape index (κ2) is 10.8. The van der Waals surface area contributed by atoms with Gasteiger partial charge in [-0.15, -0.1) is 0 Å². The van der Waals surface area contributed by atoms with Crippen LogP contribution in [0.4, 0.5) is 14.9 Å². The van der Waals surface area contributed by atoms with E-state index in [9.17, 15) is 18.8 Å². The fourth-order valence-electron chi connectivity index (χ4n) is 2.88. The molecule has 3 amide bonds. The zero-order chi connectivity index (χ0) is 23.1. The van der Waals surface area contributed by atoms with Gasteiger partial charge in [0.25, 0.3) is 11.1 Å². The minimum atomic E-state index is -0.559. The molecule has 168 valence electrons. The van der Waals surface area contributed by atoms with Crippen LogP contribution in [-0.4, -0.2) is 41.7 Å². The molecule has 9 heteroatoms. The Bertz CT molecular complexity index is 1040. The highest BCUT2D eigenvalue weighted by molar-refractivity contribution is 8.18. The van der Waals surface area contributed by atoms with E-state index >= 15 is 0 Å². The Morgan fingerprint density at radius 1 is 1.09 bits per heavy atom. The molecular weight excluding hydrogens is 435 g/mol. The lowest BCUT2D eigenvalue weighted by atomic mass is 10.2. The summed E-state index contributed by atoms with van der Waals surface area (Å²) in [5.74, 6) is -0.393. The van der Waals surface area contributed by atoms with Gasteiger partial charge in [0, 0.05) is 5.69 Å². The van der Waals surface area contributed by atoms with E-state index in [0.717, 1.165) is 23.1 Å². The van der Waals surface area contributed by atoms with Crippen molar-refractivity contribution in [2.45, 2.75) is 20.3 Å². The van der Waals surface area contributed by atoms with Crippen molar-refractivity contribution in [2.24, 2.45) is 0 Å². The maximum atomic E-state index is 13.0. The van der Waals surface area contributed by atoms with Gasteiger partial charge in [0.05, 0.1) is 18.1 Å². The summed E-state index contributed by atoms with van der Waals surface area (Å²) in [5.41, 5.74) is 1.03. The molecule has 32 heavy (non-hydrogen) atoms. The number of halogens is 1. The van der Waals surface area contributed by atoms with Crippen molar-refractivity contribution in [2.75, 3.05) is 25.1 Å². The third-order valence-corrected chi connectivity index (χ3v) is 5.24. The number of carbonyl (C=O) groups is 3. The molecule has 0 unspecified atom stereocenters. The summed E-state index contributed by atoms with van der Waals surface area (Å²) in [6.07, 6.45) is 2.43. The van der Waals surface area contributed by atoms with Crippen molar-refractivity contribution >= 4 is 40.6 Å². The Hall–Kier alpha value is -3.33. The Balaban J connectivity index is 1.71. The molecule has 0 spiro atoms. The van der Waals surface area contributed by atoms with Gasteiger partial charge >= 0.3 is 0 Å². The summed E-state index contributed by atoms with van der Waals surface area (Å²) in [6.45, 7) is 4.43. The lowest BCUT2D eigenvalue weighted by Gasteiger charge is -2.13.